The lowest BCUT2D eigenvalue weighted by atomic mass is 9.95. The molecule has 5 nitrogen and oxygen atoms in total. The third-order valence-electron chi connectivity index (χ3n) is 5.01. The predicted octanol–water partition coefficient (Wildman–Crippen LogP) is 4.79. The number of hydrogen-bond donors (Lipinski definition) is 1. The van der Waals surface area contributed by atoms with Crippen LogP contribution in [0, 0.1) is 0 Å². The number of halogens is 1. The van der Waals surface area contributed by atoms with Gasteiger partial charge >= 0.3 is 0 Å². The van der Waals surface area contributed by atoms with Crippen molar-refractivity contribution in [2.75, 3.05) is 11.9 Å². The van der Waals surface area contributed by atoms with E-state index in [4.69, 9.17) is 4.74 Å². The number of rotatable bonds is 4. The molecule has 0 radical (unpaired) electrons. The zero-order valence-electron chi connectivity index (χ0n) is 16.4. The smallest absolute Gasteiger partial charge is 0.264 e. The Hall–Kier alpha value is -3.12. The first-order valence-electron chi connectivity index (χ1n) is 9.69. The average molecular weight is 465 g/mol. The fourth-order valence-corrected chi connectivity index (χ4v) is 4.04. The maximum atomic E-state index is 13.5. The van der Waals surface area contributed by atoms with E-state index in [-0.39, 0.29) is 18.4 Å². The first kappa shape index (κ1) is 20.2. The van der Waals surface area contributed by atoms with E-state index in [0.29, 0.717) is 11.4 Å². The van der Waals surface area contributed by atoms with Crippen molar-refractivity contribution in [3.63, 3.8) is 0 Å². The van der Waals surface area contributed by atoms with Crippen LogP contribution in [0.25, 0.3) is 0 Å². The summed E-state index contributed by atoms with van der Waals surface area (Å²) in [7, 11) is 0. The van der Waals surface area contributed by atoms with Crippen molar-refractivity contribution in [1.82, 2.24) is 4.90 Å². The van der Waals surface area contributed by atoms with Crippen LogP contribution in [0.4, 0.5) is 5.69 Å². The van der Waals surface area contributed by atoms with Crippen LogP contribution < -0.4 is 10.1 Å². The minimum absolute atomic E-state index is 0.0623. The van der Waals surface area contributed by atoms with Crippen LogP contribution in [0.1, 0.15) is 24.1 Å². The van der Waals surface area contributed by atoms with Crippen LogP contribution in [0.5, 0.6) is 5.75 Å². The summed E-state index contributed by atoms with van der Waals surface area (Å²) in [5, 5.41) is 2.93. The summed E-state index contributed by atoms with van der Waals surface area (Å²) in [6.45, 7) is 1.65. The highest BCUT2D eigenvalue weighted by molar-refractivity contribution is 9.10. The van der Waals surface area contributed by atoms with E-state index in [2.05, 4.69) is 21.2 Å². The number of anilines is 1. The summed E-state index contributed by atoms with van der Waals surface area (Å²) in [6.07, 6.45) is -0.750. The highest BCUT2D eigenvalue weighted by atomic mass is 79.9. The molecule has 1 aliphatic heterocycles. The Morgan fingerprint density at radius 2 is 1.73 bits per heavy atom. The summed E-state index contributed by atoms with van der Waals surface area (Å²) >= 11 is 3.52. The number of carbonyl (C=O) groups is 2. The standard InChI is InChI=1S/C24H21BrN2O3/c1-16(30-19-10-6-3-7-11-19)24(29)27-15-22(28)26-21-13-12-18(25)14-20(21)23(27)17-8-4-2-5-9-17/h2-14,16,23H,15H2,1H3,(H,26,28)/t16-,23-/m1/s1. The lowest BCUT2D eigenvalue weighted by molar-refractivity contribution is -0.142. The molecule has 1 heterocycles. The Morgan fingerprint density at radius 3 is 2.43 bits per heavy atom. The molecule has 0 spiro atoms. The molecule has 0 aliphatic carbocycles. The number of ether oxygens (including phenoxy) is 1. The average Bonchev–Trinajstić information content (AvgIpc) is 2.90. The third kappa shape index (κ3) is 4.24. The molecular formula is C24H21BrN2O3. The fourth-order valence-electron chi connectivity index (χ4n) is 3.66. The number of nitrogens with zero attached hydrogens (tertiary/aromatic N) is 1. The van der Waals surface area contributed by atoms with E-state index in [1.807, 2.05) is 66.7 Å². The molecule has 30 heavy (non-hydrogen) atoms. The largest absolute Gasteiger partial charge is 0.481 e. The van der Waals surface area contributed by atoms with Crippen LogP contribution in [-0.4, -0.2) is 29.4 Å². The molecule has 3 aromatic carbocycles. The SMILES string of the molecule is C[C@@H](Oc1ccccc1)C(=O)N1CC(=O)Nc2ccc(Br)cc2[C@H]1c1ccccc1. The van der Waals surface area contributed by atoms with E-state index in [9.17, 15) is 9.59 Å². The van der Waals surface area contributed by atoms with Gasteiger partial charge in [-0.25, -0.2) is 0 Å². The molecule has 6 heteroatoms. The second-order valence-corrected chi connectivity index (χ2v) is 8.05. The molecule has 0 unspecified atom stereocenters. The minimum atomic E-state index is -0.750. The molecule has 3 aromatic rings. The second kappa shape index (κ2) is 8.71. The van der Waals surface area contributed by atoms with Gasteiger partial charge in [0.05, 0.1) is 6.04 Å². The monoisotopic (exact) mass is 464 g/mol. The zero-order valence-corrected chi connectivity index (χ0v) is 18.0. The van der Waals surface area contributed by atoms with Crippen molar-refractivity contribution in [1.29, 1.82) is 0 Å². The second-order valence-electron chi connectivity index (χ2n) is 7.13. The van der Waals surface area contributed by atoms with Gasteiger partial charge in [0.2, 0.25) is 5.91 Å². The quantitative estimate of drug-likeness (QED) is 0.603. The molecule has 0 saturated heterocycles. The van der Waals surface area contributed by atoms with Gasteiger partial charge in [-0.15, -0.1) is 0 Å². The van der Waals surface area contributed by atoms with Gasteiger partial charge in [-0.1, -0.05) is 64.5 Å². The summed E-state index contributed by atoms with van der Waals surface area (Å²) < 4.78 is 6.74. The van der Waals surface area contributed by atoms with Crippen molar-refractivity contribution in [3.05, 3.63) is 94.5 Å². The number of hydrogen-bond acceptors (Lipinski definition) is 3. The summed E-state index contributed by atoms with van der Waals surface area (Å²) in [6, 6.07) is 24.2. The lowest BCUT2D eigenvalue weighted by Gasteiger charge is -2.32. The Kier molecular flexibility index (Phi) is 5.86. The fraction of sp³-hybridized carbons (Fsp3) is 0.167. The number of carbonyl (C=O) groups excluding carboxylic acids is 2. The molecule has 0 bridgehead atoms. The van der Waals surface area contributed by atoms with Crippen molar-refractivity contribution in [2.45, 2.75) is 19.1 Å². The van der Waals surface area contributed by atoms with Crippen LogP contribution in [0.2, 0.25) is 0 Å². The maximum absolute atomic E-state index is 13.5. The van der Waals surface area contributed by atoms with Crippen LogP contribution in [-0.2, 0) is 9.59 Å². The Balaban J connectivity index is 1.75. The normalized spacial score (nSPS) is 16.8. The van der Waals surface area contributed by atoms with Gasteiger partial charge in [0.25, 0.3) is 5.91 Å². The van der Waals surface area contributed by atoms with Crippen LogP contribution >= 0.6 is 15.9 Å². The Bertz CT molecular complexity index is 1060. The predicted molar refractivity (Wildman–Crippen MR) is 119 cm³/mol. The van der Waals surface area contributed by atoms with Gasteiger partial charge in [0.15, 0.2) is 6.10 Å². The van der Waals surface area contributed by atoms with E-state index >= 15 is 0 Å². The zero-order chi connectivity index (χ0) is 21.1. The van der Waals surface area contributed by atoms with E-state index in [0.717, 1.165) is 15.6 Å². The van der Waals surface area contributed by atoms with E-state index < -0.39 is 12.1 Å². The number of amides is 2. The number of benzene rings is 3. The molecule has 1 aliphatic rings. The van der Waals surface area contributed by atoms with Gasteiger partial charge < -0.3 is 15.0 Å². The van der Waals surface area contributed by atoms with Gasteiger partial charge in [-0.2, -0.15) is 0 Å². The first-order chi connectivity index (χ1) is 14.5. The third-order valence-corrected chi connectivity index (χ3v) is 5.50. The minimum Gasteiger partial charge on any atom is -0.481 e. The first-order valence-corrected chi connectivity index (χ1v) is 10.5. The van der Waals surface area contributed by atoms with E-state index in [1.165, 1.54) is 0 Å². The number of fused-ring (bicyclic) bond motifs is 1. The summed E-state index contributed by atoms with van der Waals surface area (Å²) in [4.78, 5) is 27.7. The van der Waals surface area contributed by atoms with Gasteiger partial charge in [-0.05, 0) is 42.8 Å². The Labute approximate surface area is 183 Å². The highest BCUT2D eigenvalue weighted by Crippen LogP contribution is 2.37. The molecule has 2 amide bonds. The van der Waals surface area contributed by atoms with Crippen LogP contribution in [0.3, 0.4) is 0 Å². The van der Waals surface area contributed by atoms with Crippen molar-refractivity contribution < 1.29 is 14.3 Å². The highest BCUT2D eigenvalue weighted by Gasteiger charge is 2.36. The van der Waals surface area contributed by atoms with Crippen molar-refractivity contribution in [2.24, 2.45) is 0 Å². The molecule has 0 saturated carbocycles. The molecule has 1 N–H and O–H groups in total. The molecule has 152 valence electrons. The topological polar surface area (TPSA) is 58.6 Å². The molecule has 0 fully saturated rings. The maximum Gasteiger partial charge on any atom is 0.264 e. The van der Waals surface area contributed by atoms with Gasteiger partial charge in [0, 0.05) is 15.7 Å². The van der Waals surface area contributed by atoms with Crippen molar-refractivity contribution in [3.8, 4) is 5.75 Å². The van der Waals surface area contributed by atoms with Crippen LogP contribution in [0.15, 0.2) is 83.3 Å². The van der Waals surface area contributed by atoms with Crippen molar-refractivity contribution >= 4 is 33.4 Å². The van der Waals surface area contributed by atoms with E-state index in [1.54, 1.807) is 24.0 Å². The number of nitrogens with one attached hydrogen (secondary N) is 1. The molecular weight excluding hydrogens is 444 g/mol. The lowest BCUT2D eigenvalue weighted by Crippen LogP contribution is -2.45. The molecule has 2 atom stereocenters. The molecule has 4 rings (SSSR count). The van der Waals surface area contributed by atoms with Gasteiger partial charge in [0.1, 0.15) is 12.3 Å². The summed E-state index contributed by atoms with van der Waals surface area (Å²) in [5.74, 6) is 0.116. The Morgan fingerprint density at radius 1 is 1.07 bits per heavy atom. The van der Waals surface area contributed by atoms with Gasteiger partial charge in [-0.3, -0.25) is 9.59 Å². The molecule has 0 aromatic heterocycles. The number of para-hydroxylation sites is 1. The summed E-state index contributed by atoms with van der Waals surface area (Å²) in [5.41, 5.74) is 2.47.